The summed E-state index contributed by atoms with van der Waals surface area (Å²) in [7, 11) is 0. The van der Waals surface area contributed by atoms with Gasteiger partial charge in [0.05, 0.1) is 11.5 Å². The second kappa shape index (κ2) is 5.30. The van der Waals surface area contributed by atoms with E-state index in [1.54, 1.807) is 6.92 Å². The quantitative estimate of drug-likeness (QED) is 0.633. The summed E-state index contributed by atoms with van der Waals surface area (Å²) < 4.78 is 5.47. The van der Waals surface area contributed by atoms with Crippen LogP contribution in [0.4, 0.5) is 0 Å². The fourth-order valence-electron chi connectivity index (χ4n) is 4.60. The molecule has 1 saturated carbocycles. The van der Waals surface area contributed by atoms with E-state index >= 15 is 0 Å². The number of rotatable bonds is 3. The maximum Gasteiger partial charge on any atom is 0.302 e. The predicted molar refractivity (Wildman–Crippen MR) is 79.9 cm³/mol. The maximum atomic E-state index is 11.9. The third kappa shape index (κ3) is 2.14. The van der Waals surface area contributed by atoms with Crippen LogP contribution >= 0.6 is 0 Å². The highest BCUT2D eigenvalue weighted by atomic mass is 16.5. The number of hydrogen-bond acceptors (Lipinski definition) is 5. The fourth-order valence-corrected chi connectivity index (χ4v) is 4.60. The smallest absolute Gasteiger partial charge is 0.302 e. The molecule has 0 heterocycles. The highest BCUT2D eigenvalue weighted by Crippen LogP contribution is 2.61. The maximum absolute atomic E-state index is 11.9. The monoisotopic (exact) mass is 308 g/mol. The van der Waals surface area contributed by atoms with Gasteiger partial charge in [-0.25, -0.2) is 0 Å². The topological polar surface area (TPSA) is 80.7 Å². The van der Waals surface area contributed by atoms with Crippen LogP contribution in [0.5, 0.6) is 0 Å². The zero-order valence-corrected chi connectivity index (χ0v) is 13.8. The molecule has 5 nitrogen and oxygen atoms in total. The summed E-state index contributed by atoms with van der Waals surface area (Å²) in [5.74, 6) is -0.964. The summed E-state index contributed by atoms with van der Waals surface area (Å²) in [5.41, 5.74) is -0.524. The molecule has 0 spiro atoms. The van der Waals surface area contributed by atoms with Crippen molar-refractivity contribution in [1.82, 2.24) is 0 Å². The fraction of sp³-hybridized carbons (Fsp3) is 0.706. The van der Waals surface area contributed by atoms with Gasteiger partial charge in [-0.15, -0.1) is 0 Å². The number of aldehydes is 2. The average Bonchev–Trinajstić information content (AvgIpc) is 2.58. The van der Waals surface area contributed by atoms with E-state index in [-0.39, 0.29) is 11.8 Å². The molecule has 1 N–H and O–H groups in total. The number of aliphatic hydroxyl groups is 1. The number of allylic oxidation sites excluding steroid dienone is 1. The first-order chi connectivity index (χ1) is 10.1. The Kier molecular flexibility index (Phi) is 4.07. The molecule has 0 radical (unpaired) electrons. The number of esters is 1. The first-order valence-corrected chi connectivity index (χ1v) is 7.62. The number of fused-ring (bicyclic) bond motifs is 1. The van der Waals surface area contributed by atoms with Crippen LogP contribution in [-0.4, -0.2) is 35.9 Å². The summed E-state index contributed by atoms with van der Waals surface area (Å²) in [5, 5.41) is 10.6. The van der Waals surface area contributed by atoms with Gasteiger partial charge in [-0.2, -0.15) is 0 Å². The van der Waals surface area contributed by atoms with Crippen molar-refractivity contribution in [2.75, 3.05) is 0 Å². The van der Waals surface area contributed by atoms with Crippen LogP contribution in [0.25, 0.3) is 0 Å². The van der Waals surface area contributed by atoms with Crippen LogP contribution in [0.2, 0.25) is 0 Å². The lowest BCUT2D eigenvalue weighted by Gasteiger charge is -2.38. The number of carbonyl (C=O) groups excluding carboxylic acids is 3. The molecular weight excluding hydrogens is 284 g/mol. The lowest BCUT2D eigenvalue weighted by atomic mass is 9.68. The molecule has 0 aromatic rings. The zero-order chi connectivity index (χ0) is 16.9. The second-order valence-electron chi connectivity index (χ2n) is 7.38. The van der Waals surface area contributed by atoms with Crippen molar-refractivity contribution in [3.05, 3.63) is 11.1 Å². The number of aliphatic hydroxyl groups excluding tert-OH is 1. The van der Waals surface area contributed by atoms with Gasteiger partial charge in [0.1, 0.15) is 18.7 Å². The molecule has 2 aliphatic rings. The van der Waals surface area contributed by atoms with Crippen LogP contribution in [0, 0.1) is 22.7 Å². The minimum atomic E-state index is -1.09. The van der Waals surface area contributed by atoms with E-state index in [2.05, 4.69) is 0 Å². The van der Waals surface area contributed by atoms with Gasteiger partial charge in [0.2, 0.25) is 0 Å². The number of hydrogen-bond donors (Lipinski definition) is 1. The molecule has 0 bridgehead atoms. The summed E-state index contributed by atoms with van der Waals surface area (Å²) in [4.78, 5) is 35.0. The van der Waals surface area contributed by atoms with Gasteiger partial charge >= 0.3 is 5.97 Å². The van der Waals surface area contributed by atoms with Crippen molar-refractivity contribution in [1.29, 1.82) is 0 Å². The molecule has 0 aromatic carbocycles. The highest BCUT2D eigenvalue weighted by Gasteiger charge is 2.64. The normalized spacial score (nSPS) is 40.1. The van der Waals surface area contributed by atoms with Crippen molar-refractivity contribution in [2.24, 2.45) is 22.7 Å². The van der Waals surface area contributed by atoms with E-state index < -0.39 is 29.0 Å². The molecule has 5 atom stereocenters. The van der Waals surface area contributed by atoms with Gasteiger partial charge in [-0.1, -0.05) is 20.8 Å². The van der Waals surface area contributed by atoms with E-state index in [1.807, 2.05) is 20.8 Å². The summed E-state index contributed by atoms with van der Waals surface area (Å²) in [6, 6.07) is 0. The standard InChI is InChI=1S/C17H24O5/c1-9-6-12(21)14-13(11(9)7-18)17(5,8-19)15(16(14,3)4)22-10(2)20/h7-9,12,14-15,21H,6H2,1-5H3. The molecule has 2 rings (SSSR count). The SMILES string of the molecule is CC(=O)OC1C(C)(C=O)C2=C(C=O)C(C)CC(O)C2C1(C)C. The van der Waals surface area contributed by atoms with Crippen molar-refractivity contribution in [3.63, 3.8) is 0 Å². The van der Waals surface area contributed by atoms with Crippen LogP contribution < -0.4 is 0 Å². The Labute approximate surface area is 130 Å². The molecule has 2 aliphatic carbocycles. The Bertz CT molecular complexity index is 547. The Hall–Kier alpha value is -1.49. The van der Waals surface area contributed by atoms with Crippen LogP contribution in [0.3, 0.4) is 0 Å². The second-order valence-corrected chi connectivity index (χ2v) is 7.38. The molecule has 0 amide bonds. The zero-order valence-electron chi connectivity index (χ0n) is 13.8. The molecule has 5 unspecified atom stereocenters. The Morgan fingerprint density at radius 1 is 1.32 bits per heavy atom. The highest BCUT2D eigenvalue weighted by molar-refractivity contribution is 5.82. The van der Waals surface area contributed by atoms with Crippen molar-refractivity contribution in [3.8, 4) is 0 Å². The van der Waals surface area contributed by atoms with Gasteiger partial charge < -0.3 is 14.6 Å². The summed E-state index contributed by atoms with van der Waals surface area (Å²) in [6.07, 6.45) is 0.639. The lowest BCUT2D eigenvalue weighted by Crippen LogP contribution is -2.42. The van der Waals surface area contributed by atoms with E-state index in [4.69, 9.17) is 4.74 Å². The number of carbonyl (C=O) groups is 3. The Balaban J connectivity index is 2.74. The van der Waals surface area contributed by atoms with Crippen LogP contribution in [0.1, 0.15) is 41.0 Å². The number of ether oxygens (including phenoxy) is 1. The first-order valence-electron chi connectivity index (χ1n) is 7.62. The average molecular weight is 308 g/mol. The molecule has 0 saturated heterocycles. The van der Waals surface area contributed by atoms with Gasteiger partial charge in [0.15, 0.2) is 0 Å². The van der Waals surface area contributed by atoms with Crippen molar-refractivity contribution >= 4 is 18.5 Å². The van der Waals surface area contributed by atoms with Crippen molar-refractivity contribution < 1.29 is 24.2 Å². The Morgan fingerprint density at radius 3 is 2.36 bits per heavy atom. The van der Waals surface area contributed by atoms with Crippen molar-refractivity contribution in [2.45, 2.75) is 53.2 Å². The Morgan fingerprint density at radius 2 is 1.91 bits per heavy atom. The third-order valence-corrected chi connectivity index (χ3v) is 5.39. The van der Waals surface area contributed by atoms with Gasteiger partial charge in [0, 0.05) is 18.3 Å². The van der Waals surface area contributed by atoms with Gasteiger partial charge in [0.25, 0.3) is 0 Å². The van der Waals surface area contributed by atoms with E-state index in [1.165, 1.54) is 6.92 Å². The predicted octanol–water partition coefficient (Wildman–Crippen LogP) is 1.68. The lowest BCUT2D eigenvalue weighted by molar-refractivity contribution is -0.160. The third-order valence-electron chi connectivity index (χ3n) is 5.39. The largest absolute Gasteiger partial charge is 0.461 e. The molecule has 0 aromatic heterocycles. The van der Waals surface area contributed by atoms with E-state index in [0.29, 0.717) is 17.6 Å². The molecule has 1 fully saturated rings. The molecule has 0 aliphatic heterocycles. The molecule has 5 heteroatoms. The summed E-state index contributed by atoms with van der Waals surface area (Å²) >= 11 is 0. The van der Waals surface area contributed by atoms with Gasteiger partial charge in [-0.05, 0) is 30.4 Å². The first kappa shape index (κ1) is 16.9. The summed E-state index contributed by atoms with van der Waals surface area (Å²) in [6.45, 7) is 8.62. The molecular formula is C17H24O5. The van der Waals surface area contributed by atoms with Gasteiger partial charge in [-0.3, -0.25) is 9.59 Å². The van der Waals surface area contributed by atoms with Crippen LogP contribution in [0.15, 0.2) is 11.1 Å². The minimum absolute atomic E-state index is 0.120. The molecule has 122 valence electrons. The van der Waals surface area contributed by atoms with Crippen LogP contribution in [-0.2, 0) is 19.1 Å². The van der Waals surface area contributed by atoms with E-state index in [0.717, 1.165) is 12.6 Å². The minimum Gasteiger partial charge on any atom is -0.461 e. The molecule has 22 heavy (non-hydrogen) atoms. The van der Waals surface area contributed by atoms with E-state index in [9.17, 15) is 19.5 Å².